The number of fused-ring (bicyclic) bond motifs is 1. The van der Waals surface area contributed by atoms with Crippen LogP contribution in [0.15, 0.2) is 24.5 Å². The van der Waals surface area contributed by atoms with Crippen LogP contribution in [0.1, 0.15) is 37.3 Å². The van der Waals surface area contributed by atoms with Crippen molar-refractivity contribution in [2.75, 3.05) is 13.2 Å². The molecule has 6 nitrogen and oxygen atoms in total. The molecule has 1 aliphatic heterocycles. The van der Waals surface area contributed by atoms with Crippen LogP contribution in [-0.4, -0.2) is 28.0 Å². The van der Waals surface area contributed by atoms with E-state index in [1.165, 1.54) is 0 Å². The van der Waals surface area contributed by atoms with E-state index in [0.29, 0.717) is 19.6 Å². The van der Waals surface area contributed by atoms with Crippen molar-refractivity contribution in [3.63, 3.8) is 0 Å². The van der Waals surface area contributed by atoms with Gasteiger partial charge in [-0.1, -0.05) is 6.07 Å². The third-order valence-electron chi connectivity index (χ3n) is 3.53. The number of aromatic nitrogens is 3. The largest absolute Gasteiger partial charge is 0.486 e. The van der Waals surface area contributed by atoms with Crippen LogP contribution in [-0.2, 0) is 6.42 Å². The van der Waals surface area contributed by atoms with Crippen LogP contribution in [0.2, 0.25) is 0 Å². The van der Waals surface area contributed by atoms with Crippen LogP contribution in [0.4, 0.5) is 0 Å². The van der Waals surface area contributed by atoms with E-state index in [2.05, 4.69) is 23.9 Å². The highest BCUT2D eigenvalue weighted by atomic mass is 16.6. The average Bonchev–Trinajstić information content (AvgIpc) is 2.95. The highest BCUT2D eigenvalue weighted by Gasteiger charge is 2.17. The Kier molecular flexibility index (Phi) is 3.79. The first-order valence-corrected chi connectivity index (χ1v) is 7.18. The van der Waals surface area contributed by atoms with Gasteiger partial charge in [-0.3, -0.25) is 0 Å². The summed E-state index contributed by atoms with van der Waals surface area (Å²) in [6, 6.07) is 5.97. The molecular formula is C15H20N4O2. The molecule has 2 N–H and O–H groups in total. The summed E-state index contributed by atoms with van der Waals surface area (Å²) in [5.74, 6) is 2.44. The molecule has 0 spiro atoms. The third kappa shape index (κ3) is 2.85. The van der Waals surface area contributed by atoms with E-state index in [9.17, 15) is 0 Å². The van der Waals surface area contributed by atoms with Crippen LogP contribution in [0.3, 0.4) is 0 Å². The zero-order valence-corrected chi connectivity index (χ0v) is 12.3. The van der Waals surface area contributed by atoms with Crippen LogP contribution in [0.25, 0.3) is 0 Å². The number of benzene rings is 1. The van der Waals surface area contributed by atoms with Gasteiger partial charge in [-0.2, -0.15) is 5.10 Å². The summed E-state index contributed by atoms with van der Waals surface area (Å²) in [5, 5.41) is 4.24. The zero-order chi connectivity index (χ0) is 14.8. The maximum atomic E-state index is 6.31. The Labute approximate surface area is 123 Å². The summed E-state index contributed by atoms with van der Waals surface area (Å²) < 4.78 is 13.0. The van der Waals surface area contributed by atoms with Crippen molar-refractivity contribution in [2.24, 2.45) is 5.73 Å². The van der Waals surface area contributed by atoms with E-state index in [1.54, 1.807) is 6.33 Å². The zero-order valence-electron chi connectivity index (χ0n) is 12.3. The van der Waals surface area contributed by atoms with Crippen LogP contribution in [0.5, 0.6) is 11.5 Å². The number of nitrogens with two attached hydrogens (primary N) is 1. The minimum Gasteiger partial charge on any atom is -0.486 e. The van der Waals surface area contributed by atoms with Crippen LogP contribution < -0.4 is 15.2 Å². The van der Waals surface area contributed by atoms with Gasteiger partial charge in [-0.05, 0) is 31.5 Å². The summed E-state index contributed by atoms with van der Waals surface area (Å²) in [7, 11) is 0. The smallest absolute Gasteiger partial charge is 0.161 e. The highest BCUT2D eigenvalue weighted by molar-refractivity contribution is 5.44. The van der Waals surface area contributed by atoms with E-state index in [0.717, 1.165) is 22.9 Å². The second-order valence-electron chi connectivity index (χ2n) is 5.43. The Morgan fingerprint density at radius 1 is 1.24 bits per heavy atom. The van der Waals surface area contributed by atoms with E-state index in [4.69, 9.17) is 15.2 Å². The Morgan fingerprint density at radius 2 is 2.00 bits per heavy atom. The fourth-order valence-electron chi connectivity index (χ4n) is 2.46. The molecule has 2 aromatic rings. The van der Waals surface area contributed by atoms with Crippen molar-refractivity contribution in [1.82, 2.24) is 14.8 Å². The summed E-state index contributed by atoms with van der Waals surface area (Å²) in [5.41, 5.74) is 7.32. The van der Waals surface area contributed by atoms with Gasteiger partial charge in [0.1, 0.15) is 25.4 Å². The molecule has 0 saturated heterocycles. The first-order valence-electron chi connectivity index (χ1n) is 7.18. The van der Waals surface area contributed by atoms with Crippen LogP contribution >= 0.6 is 0 Å². The normalized spacial score (nSPS) is 15.2. The monoisotopic (exact) mass is 288 g/mol. The van der Waals surface area contributed by atoms with Crippen molar-refractivity contribution in [3.05, 3.63) is 35.9 Å². The Balaban J connectivity index is 1.79. The van der Waals surface area contributed by atoms with Crippen molar-refractivity contribution in [1.29, 1.82) is 0 Å². The predicted molar refractivity (Wildman–Crippen MR) is 78.5 cm³/mol. The maximum absolute atomic E-state index is 6.31. The SMILES string of the molecule is CC(C)n1ncnc1CC(N)c1ccc2c(c1)OCCO2. The number of nitrogens with zero attached hydrogens (tertiary/aromatic N) is 3. The predicted octanol–water partition coefficient (Wildman–Crippen LogP) is 1.87. The fourth-order valence-corrected chi connectivity index (χ4v) is 2.46. The number of rotatable bonds is 4. The third-order valence-corrected chi connectivity index (χ3v) is 3.53. The minimum atomic E-state index is -0.150. The molecule has 2 heterocycles. The standard InChI is InChI=1S/C15H20N4O2/c1-10(2)19-15(17-9-18-19)8-12(16)11-3-4-13-14(7-11)21-6-5-20-13/h3-4,7,9-10,12H,5-6,8,16H2,1-2H3. The average molecular weight is 288 g/mol. The first-order chi connectivity index (χ1) is 10.1. The number of ether oxygens (including phenoxy) is 2. The van der Waals surface area contributed by atoms with Gasteiger partial charge < -0.3 is 15.2 Å². The molecule has 112 valence electrons. The Morgan fingerprint density at radius 3 is 2.76 bits per heavy atom. The van der Waals surface area contributed by atoms with Crippen LogP contribution in [0, 0.1) is 0 Å². The molecule has 0 amide bonds. The minimum absolute atomic E-state index is 0.150. The van der Waals surface area contributed by atoms with Gasteiger partial charge in [-0.15, -0.1) is 0 Å². The van der Waals surface area contributed by atoms with Gasteiger partial charge in [0.2, 0.25) is 0 Å². The quantitative estimate of drug-likeness (QED) is 0.929. The van der Waals surface area contributed by atoms with Gasteiger partial charge in [0.15, 0.2) is 11.5 Å². The van der Waals surface area contributed by atoms with Gasteiger partial charge in [0.25, 0.3) is 0 Å². The maximum Gasteiger partial charge on any atom is 0.161 e. The molecule has 1 unspecified atom stereocenters. The second kappa shape index (κ2) is 5.73. The molecular weight excluding hydrogens is 268 g/mol. The van der Waals surface area contributed by atoms with E-state index >= 15 is 0 Å². The van der Waals surface area contributed by atoms with Crippen molar-refractivity contribution in [3.8, 4) is 11.5 Å². The van der Waals surface area contributed by atoms with E-state index in [1.807, 2.05) is 22.9 Å². The molecule has 1 aromatic heterocycles. The van der Waals surface area contributed by atoms with Crippen molar-refractivity contribution < 1.29 is 9.47 Å². The molecule has 3 rings (SSSR count). The lowest BCUT2D eigenvalue weighted by Crippen LogP contribution is -2.19. The highest BCUT2D eigenvalue weighted by Crippen LogP contribution is 2.32. The van der Waals surface area contributed by atoms with Gasteiger partial charge >= 0.3 is 0 Å². The first kappa shape index (κ1) is 13.9. The van der Waals surface area contributed by atoms with E-state index < -0.39 is 0 Å². The molecule has 0 radical (unpaired) electrons. The lowest BCUT2D eigenvalue weighted by Gasteiger charge is -2.20. The van der Waals surface area contributed by atoms with E-state index in [-0.39, 0.29) is 12.1 Å². The van der Waals surface area contributed by atoms with Gasteiger partial charge in [-0.25, -0.2) is 9.67 Å². The topological polar surface area (TPSA) is 75.2 Å². The molecule has 1 atom stereocenters. The number of hydrogen-bond donors (Lipinski definition) is 1. The fraction of sp³-hybridized carbons (Fsp3) is 0.467. The molecule has 0 saturated carbocycles. The lowest BCUT2D eigenvalue weighted by atomic mass is 10.0. The molecule has 0 bridgehead atoms. The molecule has 6 heteroatoms. The molecule has 0 fully saturated rings. The molecule has 21 heavy (non-hydrogen) atoms. The number of hydrogen-bond acceptors (Lipinski definition) is 5. The summed E-state index contributed by atoms with van der Waals surface area (Å²) in [6.07, 6.45) is 2.21. The Hall–Kier alpha value is -2.08. The molecule has 1 aliphatic rings. The summed E-state index contributed by atoms with van der Waals surface area (Å²) >= 11 is 0. The van der Waals surface area contributed by atoms with Crippen molar-refractivity contribution >= 4 is 0 Å². The lowest BCUT2D eigenvalue weighted by molar-refractivity contribution is 0.171. The van der Waals surface area contributed by atoms with Crippen molar-refractivity contribution in [2.45, 2.75) is 32.4 Å². The summed E-state index contributed by atoms with van der Waals surface area (Å²) in [6.45, 7) is 5.32. The molecule has 1 aromatic carbocycles. The Bertz CT molecular complexity index is 624. The molecule has 0 aliphatic carbocycles. The second-order valence-corrected chi connectivity index (χ2v) is 5.43. The van der Waals surface area contributed by atoms with Gasteiger partial charge in [0.05, 0.1) is 0 Å². The summed E-state index contributed by atoms with van der Waals surface area (Å²) in [4.78, 5) is 4.31. The van der Waals surface area contributed by atoms with Gasteiger partial charge in [0, 0.05) is 18.5 Å².